The third kappa shape index (κ3) is 6.73. The summed E-state index contributed by atoms with van der Waals surface area (Å²) >= 11 is 5.40. The van der Waals surface area contributed by atoms with Crippen molar-refractivity contribution in [1.82, 2.24) is 4.90 Å². The maximum absolute atomic E-state index is 11.7. The lowest BCUT2D eigenvalue weighted by Crippen LogP contribution is -2.29. The molecule has 0 aromatic carbocycles. The summed E-state index contributed by atoms with van der Waals surface area (Å²) in [6.45, 7) is 3.01. The molecule has 5 heteroatoms. The van der Waals surface area contributed by atoms with Crippen LogP contribution < -0.4 is 0 Å². The first kappa shape index (κ1) is 12.0. The van der Waals surface area contributed by atoms with E-state index in [1.54, 1.807) is 4.90 Å². The molecule has 12 heavy (non-hydrogen) atoms. The molecule has 0 fully saturated rings. The lowest BCUT2D eigenvalue weighted by Gasteiger charge is -2.19. The number of alkyl halides is 4. The largest absolute Gasteiger partial charge is 0.390 e. The van der Waals surface area contributed by atoms with Crippen molar-refractivity contribution < 1.29 is 13.2 Å². The average Bonchev–Trinajstić information content (AvgIpc) is 1.96. The molecule has 74 valence electrons. The van der Waals surface area contributed by atoms with Gasteiger partial charge in [-0.1, -0.05) is 6.92 Å². The molecule has 0 heterocycles. The summed E-state index contributed by atoms with van der Waals surface area (Å²) in [6, 6.07) is 0. The van der Waals surface area contributed by atoms with E-state index in [-0.39, 0.29) is 6.54 Å². The fraction of sp³-hybridized carbons (Fsp3) is 1.00. The monoisotopic (exact) mass is 203 g/mol. The Morgan fingerprint density at radius 1 is 1.25 bits per heavy atom. The van der Waals surface area contributed by atoms with E-state index in [0.29, 0.717) is 19.0 Å². The van der Waals surface area contributed by atoms with Crippen LogP contribution in [0.1, 0.15) is 13.3 Å². The van der Waals surface area contributed by atoms with Gasteiger partial charge in [-0.3, -0.25) is 0 Å². The van der Waals surface area contributed by atoms with Crippen LogP contribution >= 0.6 is 11.6 Å². The number of nitrogens with zero attached hydrogens (tertiary/aromatic N) is 1. The minimum Gasteiger partial charge on any atom is -0.302 e. The molecule has 0 aromatic rings. The van der Waals surface area contributed by atoms with E-state index < -0.39 is 12.6 Å². The zero-order chi connectivity index (χ0) is 9.61. The van der Waals surface area contributed by atoms with Gasteiger partial charge in [0.2, 0.25) is 0 Å². The van der Waals surface area contributed by atoms with Gasteiger partial charge in [-0.05, 0) is 6.54 Å². The number of hydrogen-bond donors (Lipinski definition) is 0. The quantitative estimate of drug-likeness (QED) is 0.621. The Kier molecular flexibility index (Phi) is 5.66. The lowest BCUT2D eigenvalue weighted by molar-refractivity contribution is -0.137. The van der Waals surface area contributed by atoms with Crippen LogP contribution in [-0.2, 0) is 0 Å². The lowest BCUT2D eigenvalue weighted by atomic mass is 10.3. The highest BCUT2D eigenvalue weighted by atomic mass is 35.5. The molecule has 0 saturated carbocycles. The van der Waals surface area contributed by atoms with Crippen LogP contribution in [0.4, 0.5) is 13.2 Å². The summed E-state index contributed by atoms with van der Waals surface area (Å²) in [5.41, 5.74) is 0. The van der Waals surface area contributed by atoms with Crippen molar-refractivity contribution in [1.29, 1.82) is 0 Å². The summed E-state index contributed by atoms with van der Waals surface area (Å²) in [4.78, 5) is 1.68. The van der Waals surface area contributed by atoms with Crippen LogP contribution in [0.15, 0.2) is 0 Å². The van der Waals surface area contributed by atoms with E-state index in [0.717, 1.165) is 0 Å². The minimum absolute atomic E-state index is 0.0483. The van der Waals surface area contributed by atoms with Gasteiger partial charge in [0, 0.05) is 19.0 Å². The van der Waals surface area contributed by atoms with Gasteiger partial charge in [-0.25, -0.2) is 0 Å². The van der Waals surface area contributed by atoms with Crippen molar-refractivity contribution in [3.63, 3.8) is 0 Å². The second kappa shape index (κ2) is 5.65. The molecule has 0 unspecified atom stereocenters. The van der Waals surface area contributed by atoms with E-state index >= 15 is 0 Å². The van der Waals surface area contributed by atoms with Gasteiger partial charge in [0.1, 0.15) is 0 Å². The fourth-order valence-corrected chi connectivity index (χ4v) is 1.07. The Morgan fingerprint density at radius 2 is 1.83 bits per heavy atom. The molecule has 1 nitrogen and oxygen atoms in total. The van der Waals surface area contributed by atoms with Crippen LogP contribution in [0.25, 0.3) is 0 Å². The highest BCUT2D eigenvalue weighted by Crippen LogP contribution is 2.19. The third-order valence-corrected chi connectivity index (χ3v) is 1.73. The van der Waals surface area contributed by atoms with Gasteiger partial charge < -0.3 is 4.90 Å². The van der Waals surface area contributed by atoms with E-state index in [2.05, 4.69) is 0 Å². The molecule has 0 spiro atoms. The molecule has 0 bridgehead atoms. The fourth-order valence-electron chi connectivity index (χ4n) is 0.832. The highest BCUT2D eigenvalue weighted by Gasteiger charge is 2.27. The van der Waals surface area contributed by atoms with Gasteiger partial charge >= 0.3 is 6.18 Å². The standard InChI is InChI=1S/C7H13ClF3N/c1-2-12(6-4-8)5-3-7(9,10)11/h2-6H2,1H3. The molecule has 0 saturated heterocycles. The van der Waals surface area contributed by atoms with Crippen LogP contribution in [0.3, 0.4) is 0 Å². The Morgan fingerprint density at radius 3 is 2.17 bits per heavy atom. The van der Waals surface area contributed by atoms with E-state index in [1.807, 2.05) is 6.92 Å². The molecule has 0 aliphatic heterocycles. The number of rotatable bonds is 5. The van der Waals surface area contributed by atoms with Crippen molar-refractivity contribution in [2.24, 2.45) is 0 Å². The van der Waals surface area contributed by atoms with Gasteiger partial charge in [0.05, 0.1) is 6.42 Å². The SMILES string of the molecule is CCN(CCCl)CCC(F)(F)F. The van der Waals surface area contributed by atoms with Crippen LogP contribution in [0, 0.1) is 0 Å². The molecule has 0 aliphatic rings. The second-order valence-corrected chi connectivity index (χ2v) is 2.87. The van der Waals surface area contributed by atoms with Gasteiger partial charge in [-0.2, -0.15) is 13.2 Å². The highest BCUT2D eigenvalue weighted by molar-refractivity contribution is 6.18. The average molecular weight is 204 g/mol. The maximum atomic E-state index is 11.7. The zero-order valence-electron chi connectivity index (χ0n) is 6.99. The summed E-state index contributed by atoms with van der Waals surface area (Å²) in [6.07, 6.45) is -4.81. The molecule has 0 aromatic heterocycles. The first-order valence-corrected chi connectivity index (χ1v) is 4.38. The Hall–Kier alpha value is 0.0400. The normalized spacial score (nSPS) is 12.5. The van der Waals surface area contributed by atoms with Crippen molar-refractivity contribution >= 4 is 11.6 Å². The van der Waals surface area contributed by atoms with Crippen LogP contribution in [-0.4, -0.2) is 36.6 Å². The second-order valence-electron chi connectivity index (χ2n) is 2.49. The molecule has 0 aliphatic carbocycles. The molecular formula is C7H13ClF3N. The van der Waals surface area contributed by atoms with E-state index in [1.165, 1.54) is 0 Å². The topological polar surface area (TPSA) is 3.24 Å². The maximum Gasteiger partial charge on any atom is 0.390 e. The summed E-state index contributed by atoms with van der Waals surface area (Å²) in [5.74, 6) is 0.381. The number of hydrogen-bond acceptors (Lipinski definition) is 1. The Bertz CT molecular complexity index is 116. The molecule has 0 radical (unpaired) electrons. The van der Waals surface area contributed by atoms with E-state index in [4.69, 9.17) is 11.6 Å². The van der Waals surface area contributed by atoms with Crippen molar-refractivity contribution in [2.45, 2.75) is 19.5 Å². The summed E-state index contributed by atoms with van der Waals surface area (Å²) in [7, 11) is 0. The van der Waals surface area contributed by atoms with Gasteiger partial charge in [0.15, 0.2) is 0 Å². The summed E-state index contributed by atoms with van der Waals surface area (Å²) in [5, 5.41) is 0. The first-order chi connectivity index (χ1) is 5.49. The van der Waals surface area contributed by atoms with Crippen molar-refractivity contribution in [3.8, 4) is 0 Å². The van der Waals surface area contributed by atoms with Gasteiger partial charge in [0.25, 0.3) is 0 Å². The van der Waals surface area contributed by atoms with Crippen LogP contribution in [0.2, 0.25) is 0 Å². The van der Waals surface area contributed by atoms with E-state index in [9.17, 15) is 13.2 Å². The molecular weight excluding hydrogens is 191 g/mol. The molecule has 0 atom stereocenters. The van der Waals surface area contributed by atoms with Crippen molar-refractivity contribution in [2.75, 3.05) is 25.5 Å². The summed E-state index contributed by atoms with van der Waals surface area (Å²) < 4.78 is 35.2. The Balaban J connectivity index is 3.58. The smallest absolute Gasteiger partial charge is 0.302 e. The predicted molar refractivity (Wildman–Crippen MR) is 43.5 cm³/mol. The molecule has 0 N–H and O–H groups in total. The van der Waals surface area contributed by atoms with Gasteiger partial charge in [-0.15, -0.1) is 11.6 Å². The van der Waals surface area contributed by atoms with Crippen LogP contribution in [0.5, 0.6) is 0 Å². The predicted octanol–water partition coefficient (Wildman–Crippen LogP) is 2.50. The molecule has 0 rings (SSSR count). The Labute approximate surface area is 75.5 Å². The first-order valence-electron chi connectivity index (χ1n) is 3.84. The third-order valence-electron chi connectivity index (χ3n) is 1.56. The number of halogens is 4. The minimum atomic E-state index is -4.06. The molecule has 0 amide bonds. The van der Waals surface area contributed by atoms with Crippen molar-refractivity contribution in [3.05, 3.63) is 0 Å². The zero-order valence-corrected chi connectivity index (χ0v) is 7.75.